The van der Waals surface area contributed by atoms with E-state index in [9.17, 15) is 0 Å². The Balaban J connectivity index is 1.96. The molecule has 0 radical (unpaired) electrons. The van der Waals surface area contributed by atoms with Gasteiger partial charge in [0.15, 0.2) is 0 Å². The second-order valence-electron chi connectivity index (χ2n) is 7.72. The van der Waals surface area contributed by atoms with Crippen molar-refractivity contribution in [2.75, 3.05) is 19.6 Å². The van der Waals surface area contributed by atoms with Gasteiger partial charge in [-0.2, -0.15) is 0 Å². The van der Waals surface area contributed by atoms with Gasteiger partial charge in [0, 0.05) is 31.7 Å². The van der Waals surface area contributed by atoms with Gasteiger partial charge in [0.05, 0.1) is 0 Å². The zero-order valence-electron chi connectivity index (χ0n) is 13.5. The van der Waals surface area contributed by atoms with Crippen molar-refractivity contribution < 1.29 is 0 Å². The molecule has 0 spiro atoms. The van der Waals surface area contributed by atoms with Crippen LogP contribution in [0.5, 0.6) is 0 Å². The molecule has 1 aliphatic heterocycles. The van der Waals surface area contributed by atoms with Gasteiger partial charge >= 0.3 is 0 Å². The van der Waals surface area contributed by atoms with E-state index in [0.717, 1.165) is 12.0 Å². The van der Waals surface area contributed by atoms with Gasteiger partial charge in [-0.15, -0.1) is 0 Å². The summed E-state index contributed by atoms with van der Waals surface area (Å²) in [6, 6.07) is 1.42. The minimum absolute atomic E-state index is 0.556. The third kappa shape index (κ3) is 4.19. The fourth-order valence-electron chi connectivity index (χ4n) is 4.15. The first-order valence-electron chi connectivity index (χ1n) is 8.48. The van der Waals surface area contributed by atoms with Gasteiger partial charge in [0.25, 0.3) is 0 Å². The maximum atomic E-state index is 3.73. The van der Waals surface area contributed by atoms with E-state index >= 15 is 0 Å². The molecule has 1 saturated heterocycles. The van der Waals surface area contributed by atoms with Crippen molar-refractivity contribution in [2.24, 2.45) is 11.3 Å². The Morgan fingerprint density at radius 1 is 1.16 bits per heavy atom. The molecule has 2 heteroatoms. The lowest BCUT2D eigenvalue weighted by Gasteiger charge is -2.42. The number of rotatable bonds is 5. The highest BCUT2D eigenvalue weighted by Gasteiger charge is 2.37. The molecule has 0 aromatic carbocycles. The molecule has 1 heterocycles. The van der Waals surface area contributed by atoms with Crippen molar-refractivity contribution >= 4 is 0 Å². The molecule has 112 valence electrons. The van der Waals surface area contributed by atoms with Crippen LogP contribution in [0.25, 0.3) is 0 Å². The second-order valence-corrected chi connectivity index (χ2v) is 7.72. The summed E-state index contributed by atoms with van der Waals surface area (Å²) in [7, 11) is 0. The van der Waals surface area contributed by atoms with Crippen LogP contribution in [0.4, 0.5) is 0 Å². The van der Waals surface area contributed by atoms with Crippen molar-refractivity contribution in [3.8, 4) is 0 Å². The lowest BCUT2D eigenvalue weighted by molar-refractivity contribution is 0.0952. The summed E-state index contributed by atoms with van der Waals surface area (Å²) in [5.41, 5.74) is 0.556. The molecule has 0 aromatic rings. The van der Waals surface area contributed by atoms with Crippen LogP contribution in [0.3, 0.4) is 0 Å². The van der Waals surface area contributed by atoms with Crippen molar-refractivity contribution in [1.29, 1.82) is 0 Å². The van der Waals surface area contributed by atoms with E-state index in [0.29, 0.717) is 11.5 Å². The average molecular weight is 266 g/mol. The molecule has 2 nitrogen and oxygen atoms in total. The molecule has 1 N–H and O–H groups in total. The number of nitrogens with zero attached hydrogens (tertiary/aromatic N) is 1. The Hall–Kier alpha value is -0.0800. The van der Waals surface area contributed by atoms with E-state index in [4.69, 9.17) is 0 Å². The zero-order valence-corrected chi connectivity index (χ0v) is 13.5. The SMILES string of the molecule is CC1CC(C)N(CC2(CNC(C)C)CCCCC2)C1. The second kappa shape index (κ2) is 6.58. The van der Waals surface area contributed by atoms with Crippen LogP contribution in [0.2, 0.25) is 0 Å². The van der Waals surface area contributed by atoms with Gasteiger partial charge in [-0.3, -0.25) is 4.90 Å². The Kier molecular flexibility index (Phi) is 5.30. The summed E-state index contributed by atoms with van der Waals surface area (Å²) in [6.07, 6.45) is 8.60. The molecule has 0 aromatic heterocycles. The summed E-state index contributed by atoms with van der Waals surface area (Å²) in [5, 5.41) is 3.73. The first kappa shape index (κ1) is 15.3. The highest BCUT2D eigenvalue weighted by molar-refractivity contribution is 4.92. The van der Waals surface area contributed by atoms with E-state index in [-0.39, 0.29) is 0 Å². The molecule has 2 rings (SSSR count). The molecule has 2 unspecified atom stereocenters. The first-order chi connectivity index (χ1) is 9.01. The Labute approximate surface area is 120 Å². The smallest absolute Gasteiger partial charge is 0.00702 e. The van der Waals surface area contributed by atoms with Crippen molar-refractivity contribution in [2.45, 2.75) is 78.3 Å². The van der Waals surface area contributed by atoms with Crippen LogP contribution in [0.15, 0.2) is 0 Å². The third-order valence-electron chi connectivity index (χ3n) is 5.25. The van der Waals surface area contributed by atoms with E-state index in [1.165, 1.54) is 58.2 Å². The number of hydrogen-bond donors (Lipinski definition) is 1. The standard InChI is InChI=1S/C17H34N2/c1-14(2)18-12-17(8-6-5-7-9-17)13-19-11-15(3)10-16(19)4/h14-16,18H,5-13H2,1-4H3. The molecule has 1 aliphatic carbocycles. The summed E-state index contributed by atoms with van der Waals surface area (Å²) < 4.78 is 0. The monoisotopic (exact) mass is 266 g/mol. The normalized spacial score (nSPS) is 32.1. The highest BCUT2D eigenvalue weighted by atomic mass is 15.2. The quantitative estimate of drug-likeness (QED) is 0.817. The summed E-state index contributed by atoms with van der Waals surface area (Å²) >= 11 is 0. The summed E-state index contributed by atoms with van der Waals surface area (Å²) in [6.45, 7) is 13.3. The van der Waals surface area contributed by atoms with Gasteiger partial charge in [-0.1, -0.05) is 40.0 Å². The molecule has 2 aliphatic rings. The Morgan fingerprint density at radius 3 is 2.37 bits per heavy atom. The molecule has 2 fully saturated rings. The van der Waals surface area contributed by atoms with E-state index in [1.807, 2.05) is 0 Å². The Morgan fingerprint density at radius 2 is 1.84 bits per heavy atom. The summed E-state index contributed by atoms with van der Waals surface area (Å²) in [5.74, 6) is 0.897. The van der Waals surface area contributed by atoms with E-state index in [2.05, 4.69) is 37.9 Å². The number of hydrogen-bond acceptors (Lipinski definition) is 2. The fourth-order valence-corrected chi connectivity index (χ4v) is 4.15. The van der Waals surface area contributed by atoms with E-state index in [1.54, 1.807) is 0 Å². The average Bonchev–Trinajstić information content (AvgIpc) is 2.66. The third-order valence-corrected chi connectivity index (χ3v) is 5.25. The van der Waals surface area contributed by atoms with Crippen LogP contribution < -0.4 is 5.32 Å². The van der Waals surface area contributed by atoms with Crippen LogP contribution in [0, 0.1) is 11.3 Å². The molecular formula is C17H34N2. The van der Waals surface area contributed by atoms with Gasteiger partial charge in [0.1, 0.15) is 0 Å². The minimum atomic E-state index is 0.556. The topological polar surface area (TPSA) is 15.3 Å². The van der Waals surface area contributed by atoms with Crippen LogP contribution in [0.1, 0.15) is 66.2 Å². The van der Waals surface area contributed by atoms with Crippen LogP contribution in [-0.2, 0) is 0 Å². The van der Waals surface area contributed by atoms with Crippen molar-refractivity contribution in [3.05, 3.63) is 0 Å². The predicted octanol–water partition coefficient (Wildman–Crippen LogP) is 3.67. The number of likely N-dealkylation sites (tertiary alicyclic amines) is 1. The molecule has 19 heavy (non-hydrogen) atoms. The van der Waals surface area contributed by atoms with Gasteiger partial charge in [-0.25, -0.2) is 0 Å². The zero-order chi connectivity index (χ0) is 13.9. The van der Waals surface area contributed by atoms with E-state index < -0.39 is 0 Å². The van der Waals surface area contributed by atoms with Crippen LogP contribution in [-0.4, -0.2) is 36.6 Å². The molecular weight excluding hydrogens is 232 g/mol. The Bertz CT molecular complexity index is 268. The maximum Gasteiger partial charge on any atom is 0.00702 e. The summed E-state index contributed by atoms with van der Waals surface area (Å²) in [4.78, 5) is 2.78. The van der Waals surface area contributed by atoms with Gasteiger partial charge in [-0.05, 0) is 37.5 Å². The lowest BCUT2D eigenvalue weighted by Crippen LogP contribution is -2.47. The first-order valence-corrected chi connectivity index (χ1v) is 8.48. The van der Waals surface area contributed by atoms with Gasteiger partial charge in [0.2, 0.25) is 0 Å². The van der Waals surface area contributed by atoms with Crippen molar-refractivity contribution in [1.82, 2.24) is 10.2 Å². The van der Waals surface area contributed by atoms with Crippen LogP contribution >= 0.6 is 0 Å². The largest absolute Gasteiger partial charge is 0.314 e. The minimum Gasteiger partial charge on any atom is -0.314 e. The molecule has 2 atom stereocenters. The predicted molar refractivity (Wildman–Crippen MR) is 83.5 cm³/mol. The molecule has 0 bridgehead atoms. The molecule has 0 amide bonds. The highest BCUT2D eigenvalue weighted by Crippen LogP contribution is 2.38. The lowest BCUT2D eigenvalue weighted by atomic mass is 9.73. The fraction of sp³-hybridized carbons (Fsp3) is 1.00. The molecule has 1 saturated carbocycles. The maximum absolute atomic E-state index is 3.73. The number of nitrogens with one attached hydrogen (secondary N) is 1. The van der Waals surface area contributed by atoms with Gasteiger partial charge < -0.3 is 5.32 Å². The van der Waals surface area contributed by atoms with Crippen molar-refractivity contribution in [3.63, 3.8) is 0 Å².